The van der Waals surface area contributed by atoms with Crippen molar-refractivity contribution in [2.75, 3.05) is 0 Å². The summed E-state index contributed by atoms with van der Waals surface area (Å²) in [5.74, 6) is -0.529. The number of carboxylic acids is 1. The molecule has 6 nitrogen and oxygen atoms in total. The molecule has 4 rings (SSSR count). The summed E-state index contributed by atoms with van der Waals surface area (Å²) in [6, 6.07) is 7.24. The van der Waals surface area contributed by atoms with E-state index in [2.05, 4.69) is 15.4 Å². The SMILES string of the molecule is Cn1c(C2CC2)cc2ccc(S(=O)(=O)N[C@H]3CC[C@H](C(=O)O)CC3)cc21. The van der Waals surface area contributed by atoms with E-state index in [0.717, 1.165) is 10.9 Å². The molecule has 7 heteroatoms. The van der Waals surface area contributed by atoms with E-state index in [0.29, 0.717) is 31.6 Å². The zero-order valence-electron chi connectivity index (χ0n) is 14.8. The molecule has 0 bridgehead atoms. The molecule has 0 unspecified atom stereocenters. The lowest BCUT2D eigenvalue weighted by atomic mass is 9.87. The van der Waals surface area contributed by atoms with Crippen molar-refractivity contribution >= 4 is 26.9 Å². The Morgan fingerprint density at radius 3 is 2.42 bits per heavy atom. The van der Waals surface area contributed by atoms with Crippen molar-refractivity contribution < 1.29 is 18.3 Å². The van der Waals surface area contributed by atoms with Gasteiger partial charge in [-0.3, -0.25) is 4.79 Å². The average molecular weight is 376 g/mol. The van der Waals surface area contributed by atoms with Gasteiger partial charge >= 0.3 is 5.97 Å². The highest BCUT2D eigenvalue weighted by atomic mass is 32.2. The predicted molar refractivity (Wildman–Crippen MR) is 98.6 cm³/mol. The third-order valence-electron chi connectivity index (χ3n) is 5.76. The van der Waals surface area contributed by atoms with E-state index in [1.165, 1.54) is 18.5 Å². The number of hydrogen-bond donors (Lipinski definition) is 2. The molecule has 0 radical (unpaired) electrons. The van der Waals surface area contributed by atoms with Crippen LogP contribution in [-0.2, 0) is 21.9 Å². The van der Waals surface area contributed by atoms with Crippen molar-refractivity contribution in [2.45, 2.75) is 55.4 Å². The number of carboxylic acid groups (broad SMARTS) is 1. The molecule has 1 aromatic carbocycles. The van der Waals surface area contributed by atoms with Crippen molar-refractivity contribution in [1.82, 2.24) is 9.29 Å². The normalized spacial score (nSPS) is 24.0. The third-order valence-corrected chi connectivity index (χ3v) is 7.28. The Balaban J connectivity index is 1.54. The zero-order chi connectivity index (χ0) is 18.5. The lowest BCUT2D eigenvalue weighted by molar-refractivity contribution is -0.142. The molecule has 0 atom stereocenters. The van der Waals surface area contributed by atoms with Gasteiger partial charge in [0, 0.05) is 24.3 Å². The first kappa shape index (κ1) is 17.5. The molecule has 0 saturated heterocycles. The van der Waals surface area contributed by atoms with E-state index in [4.69, 9.17) is 5.11 Å². The highest BCUT2D eigenvalue weighted by molar-refractivity contribution is 7.89. The Hall–Kier alpha value is -1.86. The van der Waals surface area contributed by atoms with E-state index < -0.39 is 16.0 Å². The number of sulfonamides is 1. The van der Waals surface area contributed by atoms with E-state index in [9.17, 15) is 13.2 Å². The van der Waals surface area contributed by atoms with Gasteiger partial charge in [0.05, 0.1) is 10.8 Å². The average Bonchev–Trinajstić information content (AvgIpc) is 3.39. The van der Waals surface area contributed by atoms with Crippen LogP contribution >= 0.6 is 0 Å². The quantitative estimate of drug-likeness (QED) is 0.840. The van der Waals surface area contributed by atoms with Crippen LogP contribution in [0.4, 0.5) is 0 Å². The maximum atomic E-state index is 12.8. The van der Waals surface area contributed by atoms with Gasteiger partial charge in [-0.25, -0.2) is 13.1 Å². The first-order valence-electron chi connectivity index (χ1n) is 9.19. The van der Waals surface area contributed by atoms with Gasteiger partial charge < -0.3 is 9.67 Å². The monoisotopic (exact) mass is 376 g/mol. The maximum absolute atomic E-state index is 12.8. The smallest absolute Gasteiger partial charge is 0.306 e. The van der Waals surface area contributed by atoms with Gasteiger partial charge in [0.1, 0.15) is 0 Å². The lowest BCUT2D eigenvalue weighted by Gasteiger charge is -2.26. The summed E-state index contributed by atoms with van der Waals surface area (Å²) in [5.41, 5.74) is 2.21. The summed E-state index contributed by atoms with van der Waals surface area (Å²) in [5, 5.41) is 10.1. The molecule has 0 aliphatic heterocycles. The van der Waals surface area contributed by atoms with Gasteiger partial charge in [-0.15, -0.1) is 0 Å². The molecule has 2 saturated carbocycles. The second kappa shape index (κ2) is 6.39. The molecule has 26 heavy (non-hydrogen) atoms. The fourth-order valence-corrected chi connectivity index (χ4v) is 5.34. The number of nitrogens with one attached hydrogen (secondary N) is 1. The summed E-state index contributed by atoms with van der Waals surface area (Å²) in [6.07, 6.45) is 4.57. The number of aliphatic carboxylic acids is 1. The topological polar surface area (TPSA) is 88.4 Å². The molecule has 1 heterocycles. The highest BCUT2D eigenvalue weighted by Crippen LogP contribution is 2.42. The van der Waals surface area contributed by atoms with E-state index in [1.807, 2.05) is 13.1 Å². The van der Waals surface area contributed by atoms with Crippen LogP contribution in [0.25, 0.3) is 10.9 Å². The first-order valence-corrected chi connectivity index (χ1v) is 10.7. The van der Waals surface area contributed by atoms with Crippen LogP contribution in [0.3, 0.4) is 0 Å². The summed E-state index contributed by atoms with van der Waals surface area (Å²) in [6.45, 7) is 0. The fraction of sp³-hybridized carbons (Fsp3) is 0.526. The van der Waals surface area contributed by atoms with E-state index in [1.54, 1.807) is 12.1 Å². The van der Waals surface area contributed by atoms with Crippen LogP contribution in [0.5, 0.6) is 0 Å². The van der Waals surface area contributed by atoms with Crippen LogP contribution in [0.2, 0.25) is 0 Å². The van der Waals surface area contributed by atoms with Gasteiger partial charge in [-0.2, -0.15) is 0 Å². The summed E-state index contributed by atoms with van der Waals surface area (Å²) >= 11 is 0. The number of carbonyl (C=O) groups is 1. The fourth-order valence-electron chi connectivity index (χ4n) is 4.01. The summed E-state index contributed by atoms with van der Waals surface area (Å²) in [7, 11) is -1.62. The van der Waals surface area contributed by atoms with Gasteiger partial charge in [-0.05, 0) is 68.0 Å². The van der Waals surface area contributed by atoms with Crippen molar-refractivity contribution in [3.05, 3.63) is 30.0 Å². The van der Waals surface area contributed by atoms with Crippen LogP contribution in [0.15, 0.2) is 29.2 Å². The Labute approximate surface area is 153 Å². The largest absolute Gasteiger partial charge is 0.481 e. The van der Waals surface area contributed by atoms with Gasteiger partial charge in [0.15, 0.2) is 0 Å². The minimum absolute atomic E-state index is 0.193. The van der Waals surface area contributed by atoms with Crippen LogP contribution in [-0.4, -0.2) is 30.1 Å². The first-order chi connectivity index (χ1) is 12.3. The number of rotatable bonds is 5. The lowest BCUT2D eigenvalue weighted by Crippen LogP contribution is -2.38. The predicted octanol–water partition coefficient (Wildman–Crippen LogP) is 2.98. The second-order valence-electron chi connectivity index (χ2n) is 7.63. The highest BCUT2D eigenvalue weighted by Gasteiger charge is 2.30. The number of fused-ring (bicyclic) bond motifs is 1. The minimum Gasteiger partial charge on any atom is -0.481 e. The molecule has 2 N–H and O–H groups in total. The van der Waals surface area contributed by atoms with Crippen molar-refractivity contribution in [3.63, 3.8) is 0 Å². The molecule has 0 spiro atoms. The Morgan fingerprint density at radius 2 is 1.81 bits per heavy atom. The summed E-state index contributed by atoms with van der Waals surface area (Å²) in [4.78, 5) is 11.3. The minimum atomic E-state index is -3.61. The van der Waals surface area contributed by atoms with E-state index in [-0.39, 0.29) is 16.9 Å². The molecule has 2 fully saturated rings. The van der Waals surface area contributed by atoms with Gasteiger partial charge in [-0.1, -0.05) is 6.07 Å². The Bertz CT molecular complexity index is 951. The molecular weight excluding hydrogens is 352 g/mol. The number of aryl methyl sites for hydroxylation is 1. The molecular formula is C19H24N2O4S. The maximum Gasteiger partial charge on any atom is 0.306 e. The number of hydrogen-bond acceptors (Lipinski definition) is 3. The van der Waals surface area contributed by atoms with Crippen LogP contribution in [0.1, 0.15) is 50.1 Å². The molecule has 2 aromatic rings. The molecule has 1 aromatic heterocycles. The molecule has 2 aliphatic rings. The van der Waals surface area contributed by atoms with Crippen molar-refractivity contribution in [3.8, 4) is 0 Å². The molecule has 0 amide bonds. The Morgan fingerprint density at radius 1 is 1.12 bits per heavy atom. The van der Waals surface area contributed by atoms with Crippen LogP contribution < -0.4 is 4.72 Å². The van der Waals surface area contributed by atoms with Crippen molar-refractivity contribution in [2.24, 2.45) is 13.0 Å². The number of benzene rings is 1. The third kappa shape index (κ3) is 3.25. The number of nitrogens with zero attached hydrogens (tertiary/aromatic N) is 1. The van der Waals surface area contributed by atoms with Gasteiger partial charge in [0.25, 0.3) is 0 Å². The second-order valence-corrected chi connectivity index (χ2v) is 9.35. The van der Waals surface area contributed by atoms with Crippen molar-refractivity contribution in [1.29, 1.82) is 0 Å². The Kier molecular flexibility index (Phi) is 4.31. The molecule has 2 aliphatic carbocycles. The molecule has 140 valence electrons. The summed E-state index contributed by atoms with van der Waals surface area (Å²) < 4.78 is 30.4. The van der Waals surface area contributed by atoms with Gasteiger partial charge in [0.2, 0.25) is 10.0 Å². The number of aromatic nitrogens is 1. The standard InChI is InChI=1S/C19H24N2O4S/c1-21-17(12-2-3-12)10-14-6-9-16(11-18(14)21)26(24,25)20-15-7-4-13(5-8-15)19(22)23/h6,9-13,15,20H,2-5,7-8H2,1H3,(H,22,23)/t13-,15-. The zero-order valence-corrected chi connectivity index (χ0v) is 15.6. The van der Waals surface area contributed by atoms with Crippen LogP contribution in [0, 0.1) is 5.92 Å². The van der Waals surface area contributed by atoms with E-state index >= 15 is 0 Å².